The van der Waals surface area contributed by atoms with Crippen molar-refractivity contribution in [2.75, 3.05) is 10.6 Å². The number of pyridine rings is 1. The Morgan fingerprint density at radius 2 is 1.79 bits per heavy atom. The van der Waals surface area contributed by atoms with Gasteiger partial charge in [-0.3, -0.25) is 19.7 Å². The van der Waals surface area contributed by atoms with E-state index in [0.717, 1.165) is 4.47 Å². The lowest BCUT2D eigenvalue weighted by Gasteiger charge is -2.10. The molecule has 3 aromatic rings. The van der Waals surface area contributed by atoms with Crippen LogP contribution in [0.5, 0.6) is 0 Å². The summed E-state index contributed by atoms with van der Waals surface area (Å²) < 4.78 is 0.789. The second-order valence-electron chi connectivity index (χ2n) is 6.06. The van der Waals surface area contributed by atoms with E-state index in [9.17, 15) is 19.7 Å². The van der Waals surface area contributed by atoms with Gasteiger partial charge in [-0.25, -0.2) is 4.98 Å². The van der Waals surface area contributed by atoms with Gasteiger partial charge in [0.05, 0.1) is 4.92 Å². The lowest BCUT2D eigenvalue weighted by Crippen LogP contribution is -2.16. The van der Waals surface area contributed by atoms with Crippen molar-refractivity contribution in [3.63, 3.8) is 0 Å². The molecule has 2 aromatic carbocycles. The number of nitrogens with one attached hydrogen (secondary N) is 2. The molecule has 0 spiro atoms. The monoisotopic (exact) mass is 454 g/mol. The number of carbonyl (C=O) groups is 2. The van der Waals surface area contributed by atoms with E-state index in [1.54, 1.807) is 36.5 Å². The quantitative estimate of drug-likeness (QED) is 0.432. The van der Waals surface area contributed by atoms with Crippen LogP contribution < -0.4 is 10.6 Å². The highest BCUT2D eigenvalue weighted by molar-refractivity contribution is 9.10. The first-order chi connectivity index (χ1) is 13.8. The summed E-state index contributed by atoms with van der Waals surface area (Å²) >= 11 is 3.27. The Labute approximate surface area is 174 Å². The van der Waals surface area contributed by atoms with Gasteiger partial charge in [-0.15, -0.1) is 0 Å². The minimum Gasteiger partial charge on any atom is -0.322 e. The van der Waals surface area contributed by atoms with E-state index in [1.807, 2.05) is 0 Å². The molecule has 146 valence electrons. The highest BCUT2D eigenvalue weighted by atomic mass is 79.9. The van der Waals surface area contributed by atoms with Crippen LogP contribution in [0.15, 0.2) is 65.3 Å². The molecule has 0 aliphatic heterocycles. The topological polar surface area (TPSA) is 114 Å². The van der Waals surface area contributed by atoms with E-state index in [4.69, 9.17) is 0 Å². The molecule has 8 nitrogen and oxygen atoms in total. The van der Waals surface area contributed by atoms with Crippen LogP contribution in [0.25, 0.3) is 0 Å². The minimum atomic E-state index is -0.534. The molecule has 0 fully saturated rings. The third kappa shape index (κ3) is 4.82. The Balaban J connectivity index is 1.77. The first-order valence-electron chi connectivity index (χ1n) is 8.43. The average molecular weight is 455 g/mol. The van der Waals surface area contributed by atoms with Crippen LogP contribution in [0.4, 0.5) is 17.2 Å². The highest BCUT2D eigenvalue weighted by Crippen LogP contribution is 2.22. The smallest absolute Gasteiger partial charge is 0.273 e. The van der Waals surface area contributed by atoms with Gasteiger partial charge in [-0.05, 0) is 59.3 Å². The summed E-state index contributed by atoms with van der Waals surface area (Å²) in [4.78, 5) is 39.6. The summed E-state index contributed by atoms with van der Waals surface area (Å²) in [6, 6.07) is 14.1. The SMILES string of the molecule is Cc1c(C(=O)Nc2cccc(C(=O)Nc3ccc(Br)cn3)c2)cccc1[N+](=O)[O-]. The number of nitro benzene ring substituents is 1. The number of amides is 2. The van der Waals surface area contributed by atoms with Gasteiger partial charge in [0.2, 0.25) is 0 Å². The van der Waals surface area contributed by atoms with Crippen LogP contribution >= 0.6 is 15.9 Å². The third-order valence-electron chi connectivity index (χ3n) is 4.10. The van der Waals surface area contributed by atoms with Crippen molar-refractivity contribution in [2.45, 2.75) is 6.92 Å². The molecule has 0 aliphatic rings. The Morgan fingerprint density at radius 3 is 2.48 bits per heavy atom. The zero-order valence-corrected chi connectivity index (χ0v) is 16.8. The standard InChI is InChI=1S/C20H15BrN4O4/c1-12-16(6-3-7-17(12)25(28)29)20(27)23-15-5-2-4-13(10-15)19(26)24-18-9-8-14(21)11-22-18/h2-11H,1H3,(H,23,27)(H,22,24,26). The van der Waals surface area contributed by atoms with Crippen molar-refractivity contribution >= 4 is 44.9 Å². The fourth-order valence-corrected chi connectivity index (χ4v) is 2.88. The van der Waals surface area contributed by atoms with Gasteiger partial charge < -0.3 is 10.6 Å². The molecule has 3 rings (SSSR count). The zero-order valence-electron chi connectivity index (χ0n) is 15.2. The Kier molecular flexibility index (Phi) is 5.99. The molecular formula is C20H15BrN4O4. The number of hydrogen-bond donors (Lipinski definition) is 2. The zero-order chi connectivity index (χ0) is 21.0. The summed E-state index contributed by atoms with van der Waals surface area (Å²) in [6.45, 7) is 1.52. The molecular weight excluding hydrogens is 440 g/mol. The van der Waals surface area contributed by atoms with Gasteiger partial charge in [-0.1, -0.05) is 12.1 Å². The van der Waals surface area contributed by atoms with Gasteiger partial charge in [0.1, 0.15) is 5.82 Å². The largest absolute Gasteiger partial charge is 0.322 e. The van der Waals surface area contributed by atoms with Crippen molar-refractivity contribution < 1.29 is 14.5 Å². The summed E-state index contributed by atoms with van der Waals surface area (Å²) in [5.74, 6) is -0.499. The maximum absolute atomic E-state index is 12.6. The molecule has 1 heterocycles. The van der Waals surface area contributed by atoms with E-state index in [2.05, 4.69) is 31.5 Å². The molecule has 0 radical (unpaired) electrons. The Hall–Kier alpha value is -3.59. The molecule has 0 saturated heterocycles. The van der Waals surface area contributed by atoms with Crippen molar-refractivity contribution in [3.8, 4) is 0 Å². The lowest BCUT2D eigenvalue weighted by molar-refractivity contribution is -0.385. The van der Waals surface area contributed by atoms with Crippen LogP contribution in [0.3, 0.4) is 0 Å². The summed E-state index contributed by atoms with van der Waals surface area (Å²) in [6.07, 6.45) is 1.56. The normalized spacial score (nSPS) is 10.3. The summed E-state index contributed by atoms with van der Waals surface area (Å²) in [7, 11) is 0. The molecule has 0 bridgehead atoms. The van der Waals surface area contributed by atoms with Gasteiger partial charge >= 0.3 is 0 Å². The van der Waals surface area contributed by atoms with E-state index in [-0.39, 0.29) is 22.7 Å². The molecule has 0 saturated carbocycles. The Morgan fingerprint density at radius 1 is 1.03 bits per heavy atom. The molecule has 2 N–H and O–H groups in total. The van der Waals surface area contributed by atoms with Gasteiger partial charge in [0.15, 0.2) is 0 Å². The minimum absolute atomic E-state index is 0.132. The summed E-state index contributed by atoms with van der Waals surface area (Å²) in [5.41, 5.74) is 1.03. The number of carbonyl (C=O) groups excluding carboxylic acids is 2. The molecule has 29 heavy (non-hydrogen) atoms. The van der Waals surface area contributed by atoms with Gasteiger partial charge in [0.25, 0.3) is 17.5 Å². The van der Waals surface area contributed by atoms with E-state index in [1.165, 1.54) is 31.2 Å². The van der Waals surface area contributed by atoms with Crippen LogP contribution in [0, 0.1) is 17.0 Å². The first kappa shape index (κ1) is 20.2. The molecule has 2 amide bonds. The first-order valence-corrected chi connectivity index (χ1v) is 9.23. The number of halogens is 1. The van der Waals surface area contributed by atoms with Crippen molar-refractivity contribution in [1.29, 1.82) is 0 Å². The predicted octanol–water partition coefficient (Wildman–Crippen LogP) is 4.57. The fraction of sp³-hybridized carbons (Fsp3) is 0.0500. The number of anilines is 2. The van der Waals surface area contributed by atoms with E-state index >= 15 is 0 Å². The number of aromatic nitrogens is 1. The van der Waals surface area contributed by atoms with Crippen molar-refractivity contribution in [3.05, 3.63) is 92.1 Å². The Bertz CT molecular complexity index is 1100. The van der Waals surface area contributed by atoms with Crippen LogP contribution in [0.2, 0.25) is 0 Å². The lowest BCUT2D eigenvalue weighted by atomic mass is 10.1. The van der Waals surface area contributed by atoms with Crippen molar-refractivity contribution in [1.82, 2.24) is 4.98 Å². The molecule has 0 unspecified atom stereocenters. The second kappa shape index (κ2) is 8.61. The van der Waals surface area contributed by atoms with Crippen molar-refractivity contribution in [2.24, 2.45) is 0 Å². The maximum atomic E-state index is 12.6. The molecule has 0 atom stereocenters. The fourth-order valence-electron chi connectivity index (χ4n) is 2.64. The number of nitrogens with zero attached hydrogens (tertiary/aromatic N) is 2. The molecule has 1 aromatic heterocycles. The number of hydrogen-bond acceptors (Lipinski definition) is 5. The third-order valence-corrected chi connectivity index (χ3v) is 4.57. The van der Waals surface area contributed by atoms with E-state index in [0.29, 0.717) is 17.1 Å². The van der Waals surface area contributed by atoms with E-state index < -0.39 is 10.8 Å². The number of nitro groups is 1. The van der Waals surface area contributed by atoms with Crippen LogP contribution in [0.1, 0.15) is 26.3 Å². The van der Waals surface area contributed by atoms with Crippen LogP contribution in [-0.4, -0.2) is 21.7 Å². The number of benzene rings is 2. The second-order valence-corrected chi connectivity index (χ2v) is 6.97. The molecule has 9 heteroatoms. The van der Waals surface area contributed by atoms with Gasteiger partial charge in [-0.2, -0.15) is 0 Å². The summed E-state index contributed by atoms with van der Waals surface area (Å²) in [5, 5.41) is 16.4. The van der Waals surface area contributed by atoms with Crippen LogP contribution in [-0.2, 0) is 0 Å². The number of rotatable bonds is 5. The predicted molar refractivity (Wildman–Crippen MR) is 112 cm³/mol. The van der Waals surface area contributed by atoms with Gasteiger partial charge in [0, 0.05) is 39.1 Å². The molecule has 0 aliphatic carbocycles. The highest BCUT2D eigenvalue weighted by Gasteiger charge is 2.18. The average Bonchev–Trinajstić information content (AvgIpc) is 2.69. The maximum Gasteiger partial charge on any atom is 0.273 e.